The molecule has 0 unspecified atom stereocenters. The van der Waals surface area contributed by atoms with Crippen LogP contribution in [-0.4, -0.2) is 11.6 Å². The van der Waals surface area contributed by atoms with Crippen molar-refractivity contribution in [3.8, 4) is 0 Å². The Bertz CT molecular complexity index is 1290. The summed E-state index contributed by atoms with van der Waals surface area (Å²) >= 11 is 0. The molecule has 3 aromatic carbocycles. The van der Waals surface area contributed by atoms with Gasteiger partial charge in [0.1, 0.15) is 0 Å². The second kappa shape index (κ2) is 14.1. The predicted molar refractivity (Wildman–Crippen MR) is 174 cm³/mol. The predicted octanol–water partition coefficient (Wildman–Crippen LogP) is 10.7. The van der Waals surface area contributed by atoms with Gasteiger partial charge < -0.3 is 0 Å². The lowest BCUT2D eigenvalue weighted by molar-refractivity contribution is 0.0977. The molecule has 1 aliphatic rings. The first-order valence-electron chi connectivity index (χ1n) is 15.0. The van der Waals surface area contributed by atoms with Gasteiger partial charge in [-0.05, 0) is 51.0 Å². The Morgan fingerprint density at radius 1 is 0.500 bits per heavy atom. The Morgan fingerprint density at radius 2 is 0.950 bits per heavy atom. The largest absolute Gasteiger partial charge is 0.289 e. The van der Waals surface area contributed by atoms with Gasteiger partial charge in [0.25, 0.3) is 0 Å². The van der Waals surface area contributed by atoms with E-state index in [0.29, 0.717) is 22.3 Å². The molecule has 2 nitrogen and oxygen atoms in total. The molecular weight excluding hydrogens is 488 g/mol. The molecule has 3 aromatic rings. The van der Waals surface area contributed by atoms with Crippen molar-refractivity contribution in [2.24, 2.45) is 0 Å². The number of benzene rings is 3. The number of carbonyl (C=O) groups excluding carboxylic acids is 2. The molecule has 4 rings (SSSR count). The highest BCUT2D eigenvalue weighted by Crippen LogP contribution is 2.41. The van der Waals surface area contributed by atoms with E-state index in [9.17, 15) is 9.59 Å². The van der Waals surface area contributed by atoms with Crippen LogP contribution in [0.5, 0.6) is 0 Å². The van der Waals surface area contributed by atoms with Gasteiger partial charge in [0.2, 0.25) is 0 Å². The fourth-order valence-electron chi connectivity index (χ4n) is 5.15. The number of carbonyl (C=O) groups is 2. The Hall–Kier alpha value is -3.00. The van der Waals surface area contributed by atoms with Crippen molar-refractivity contribution in [1.82, 2.24) is 0 Å². The van der Waals surface area contributed by atoms with Crippen molar-refractivity contribution < 1.29 is 9.59 Å². The van der Waals surface area contributed by atoms with Gasteiger partial charge in [-0.1, -0.05) is 152 Å². The molecule has 0 fully saturated rings. The summed E-state index contributed by atoms with van der Waals surface area (Å²) in [4.78, 5) is 26.2. The minimum absolute atomic E-state index is 0.0313. The highest BCUT2D eigenvalue weighted by molar-refractivity contribution is 6.29. The van der Waals surface area contributed by atoms with Crippen LogP contribution in [0.15, 0.2) is 60.7 Å². The molecule has 2 heteroatoms. The molecule has 0 atom stereocenters. The zero-order valence-electron chi connectivity index (χ0n) is 27.8. The van der Waals surface area contributed by atoms with Gasteiger partial charge in [0.15, 0.2) is 11.6 Å². The average Bonchev–Trinajstić information content (AvgIpc) is 2.92. The number of hydrogen-bond acceptors (Lipinski definition) is 2. The van der Waals surface area contributed by atoms with Crippen LogP contribution >= 0.6 is 0 Å². The fraction of sp³-hybridized carbons (Fsp3) is 0.474. The first-order chi connectivity index (χ1) is 18.6. The van der Waals surface area contributed by atoms with E-state index in [0.717, 1.165) is 17.5 Å². The standard InChI is InChI=1S/C22H24O2.C12H18.2C2H6/c1-21(2,3)16-12-11-15-17(18(16)22(4,5)6)20(24)14-10-8-7-9-13(14)19(15)23;1-5-10-8-6-7-9-11(10)12(2,3)4;2*1-2/h7-12H,1-6H3;6-9H,5H2,1-4H3;2*1-2H3. The van der Waals surface area contributed by atoms with Gasteiger partial charge in [-0.2, -0.15) is 0 Å². The van der Waals surface area contributed by atoms with Crippen LogP contribution in [0, 0.1) is 0 Å². The van der Waals surface area contributed by atoms with Crippen molar-refractivity contribution in [3.63, 3.8) is 0 Å². The van der Waals surface area contributed by atoms with Gasteiger partial charge in [-0.3, -0.25) is 9.59 Å². The lowest BCUT2D eigenvalue weighted by atomic mass is 9.69. The van der Waals surface area contributed by atoms with E-state index in [2.05, 4.69) is 93.5 Å². The topological polar surface area (TPSA) is 34.1 Å². The highest BCUT2D eigenvalue weighted by atomic mass is 16.1. The fourth-order valence-corrected chi connectivity index (χ4v) is 5.15. The van der Waals surface area contributed by atoms with E-state index in [-0.39, 0.29) is 27.8 Å². The van der Waals surface area contributed by atoms with E-state index in [1.165, 1.54) is 11.1 Å². The van der Waals surface area contributed by atoms with E-state index >= 15 is 0 Å². The van der Waals surface area contributed by atoms with Gasteiger partial charge in [0.05, 0.1) is 0 Å². The summed E-state index contributed by atoms with van der Waals surface area (Å²) < 4.78 is 0. The smallest absolute Gasteiger partial charge is 0.194 e. The molecule has 0 aromatic heterocycles. The molecular formula is C38H54O2. The van der Waals surface area contributed by atoms with Crippen LogP contribution in [0.4, 0.5) is 0 Å². The molecule has 0 bridgehead atoms. The van der Waals surface area contributed by atoms with Gasteiger partial charge in [0, 0.05) is 22.3 Å². The van der Waals surface area contributed by atoms with E-state index in [1.807, 2.05) is 52.0 Å². The summed E-state index contributed by atoms with van der Waals surface area (Å²) in [6.07, 6.45) is 1.13. The first-order valence-corrected chi connectivity index (χ1v) is 15.0. The molecule has 0 radical (unpaired) electrons. The van der Waals surface area contributed by atoms with Crippen molar-refractivity contribution in [2.75, 3.05) is 0 Å². The van der Waals surface area contributed by atoms with Crippen LogP contribution in [-0.2, 0) is 22.7 Å². The van der Waals surface area contributed by atoms with Gasteiger partial charge in [-0.15, -0.1) is 0 Å². The Labute approximate surface area is 245 Å². The summed E-state index contributed by atoms with van der Waals surface area (Å²) in [7, 11) is 0. The van der Waals surface area contributed by atoms with E-state index in [1.54, 1.807) is 12.1 Å². The second-order valence-electron chi connectivity index (χ2n) is 12.9. The highest BCUT2D eigenvalue weighted by Gasteiger charge is 2.37. The van der Waals surface area contributed by atoms with Gasteiger partial charge in [-0.25, -0.2) is 0 Å². The Morgan fingerprint density at radius 3 is 1.38 bits per heavy atom. The summed E-state index contributed by atoms with van der Waals surface area (Å²) in [5.41, 5.74) is 7.22. The molecule has 0 saturated heterocycles. The molecule has 0 spiro atoms. The average molecular weight is 543 g/mol. The van der Waals surface area contributed by atoms with Crippen molar-refractivity contribution in [1.29, 1.82) is 0 Å². The third kappa shape index (κ3) is 7.80. The third-order valence-electron chi connectivity index (χ3n) is 6.86. The van der Waals surface area contributed by atoms with Crippen molar-refractivity contribution >= 4 is 11.6 Å². The third-order valence-corrected chi connectivity index (χ3v) is 6.86. The molecule has 0 heterocycles. The maximum Gasteiger partial charge on any atom is 0.194 e. The molecule has 0 N–H and O–H groups in total. The van der Waals surface area contributed by atoms with Crippen LogP contribution in [0.3, 0.4) is 0 Å². The van der Waals surface area contributed by atoms with Crippen molar-refractivity contribution in [3.05, 3.63) is 105 Å². The number of ketones is 2. The molecule has 0 amide bonds. The Kier molecular flexibility index (Phi) is 12.3. The second-order valence-corrected chi connectivity index (χ2v) is 12.9. The minimum Gasteiger partial charge on any atom is -0.289 e. The monoisotopic (exact) mass is 542 g/mol. The van der Waals surface area contributed by atoms with Crippen molar-refractivity contribution in [2.45, 2.75) is 120 Å². The SMILES string of the molecule is CC.CC.CC(C)(C)c1ccc2c(c1C(C)(C)C)C(=O)c1ccccc1C2=O.CCc1ccccc1C(C)(C)C. The van der Waals surface area contributed by atoms with Crippen LogP contribution in [0.25, 0.3) is 0 Å². The van der Waals surface area contributed by atoms with Crippen LogP contribution < -0.4 is 0 Å². The summed E-state index contributed by atoms with van der Waals surface area (Å²) in [6.45, 7) is 29.8. The molecule has 40 heavy (non-hydrogen) atoms. The normalized spacial score (nSPS) is 12.4. The van der Waals surface area contributed by atoms with E-state index < -0.39 is 0 Å². The van der Waals surface area contributed by atoms with Crippen LogP contribution in [0.1, 0.15) is 151 Å². The maximum atomic E-state index is 13.2. The van der Waals surface area contributed by atoms with Gasteiger partial charge >= 0.3 is 0 Å². The summed E-state index contributed by atoms with van der Waals surface area (Å²) in [6, 6.07) is 19.7. The molecule has 218 valence electrons. The number of rotatable bonds is 1. The minimum atomic E-state index is -0.226. The lowest BCUT2D eigenvalue weighted by Crippen LogP contribution is -2.30. The number of fused-ring (bicyclic) bond motifs is 2. The van der Waals surface area contributed by atoms with E-state index in [4.69, 9.17) is 0 Å². The first kappa shape index (κ1) is 35.0. The quantitative estimate of drug-likeness (QED) is 0.240. The molecule has 0 saturated carbocycles. The Balaban J connectivity index is 0.000000421. The number of aryl methyl sites for hydroxylation is 1. The van der Waals surface area contributed by atoms with Crippen LogP contribution in [0.2, 0.25) is 0 Å². The molecule has 1 aliphatic carbocycles. The molecule has 0 aliphatic heterocycles. The zero-order chi connectivity index (χ0) is 31.1. The number of hydrogen-bond donors (Lipinski definition) is 0. The lowest BCUT2D eigenvalue weighted by Gasteiger charge is -2.34. The summed E-state index contributed by atoms with van der Waals surface area (Å²) in [5.74, 6) is -0.0811. The zero-order valence-corrected chi connectivity index (χ0v) is 27.8. The summed E-state index contributed by atoms with van der Waals surface area (Å²) in [5, 5.41) is 0. The maximum absolute atomic E-state index is 13.2.